The molecule has 35 heavy (non-hydrogen) atoms. The monoisotopic (exact) mass is 471 g/mol. The SMILES string of the molecule is COc1ccc2c(COC(=O)c3c4c(nc5ccccc35)CCC(C(C)(C)C)C4)cc(=O)oc2c1. The fourth-order valence-electron chi connectivity index (χ4n) is 5.03. The zero-order valence-electron chi connectivity index (χ0n) is 20.5. The number of methoxy groups -OCH3 is 1. The molecule has 0 bridgehead atoms. The fraction of sp³-hybridized carbons (Fsp3) is 0.345. The number of esters is 1. The maximum atomic E-state index is 13.6. The minimum absolute atomic E-state index is 0.0403. The molecule has 1 atom stereocenters. The van der Waals surface area contributed by atoms with Crippen LogP contribution in [0.1, 0.15) is 54.4 Å². The Balaban J connectivity index is 1.53. The lowest BCUT2D eigenvalue weighted by molar-refractivity contribution is 0.0473. The van der Waals surface area contributed by atoms with Crippen LogP contribution in [0.2, 0.25) is 0 Å². The number of carbonyl (C=O) groups is 1. The van der Waals surface area contributed by atoms with Crippen LogP contribution in [0.15, 0.2) is 57.7 Å². The smallest absolute Gasteiger partial charge is 0.339 e. The molecule has 1 aliphatic carbocycles. The lowest BCUT2D eigenvalue weighted by Crippen LogP contribution is -2.29. The fourth-order valence-corrected chi connectivity index (χ4v) is 5.03. The van der Waals surface area contributed by atoms with Crippen LogP contribution in [0.3, 0.4) is 0 Å². The van der Waals surface area contributed by atoms with Gasteiger partial charge in [0.2, 0.25) is 0 Å². The zero-order valence-corrected chi connectivity index (χ0v) is 20.5. The number of hydrogen-bond acceptors (Lipinski definition) is 6. The number of rotatable bonds is 4. The van der Waals surface area contributed by atoms with Gasteiger partial charge in [-0.2, -0.15) is 0 Å². The van der Waals surface area contributed by atoms with Crippen molar-refractivity contribution in [1.82, 2.24) is 4.98 Å². The number of carbonyl (C=O) groups excluding carboxylic acids is 1. The number of hydrogen-bond donors (Lipinski definition) is 0. The second-order valence-corrected chi connectivity index (χ2v) is 10.3. The van der Waals surface area contributed by atoms with E-state index in [0.29, 0.717) is 33.8 Å². The van der Waals surface area contributed by atoms with Gasteiger partial charge in [-0.1, -0.05) is 39.0 Å². The normalized spacial score (nSPS) is 15.7. The minimum atomic E-state index is -0.503. The molecule has 2 heterocycles. The first-order valence-corrected chi connectivity index (χ1v) is 11.9. The number of ether oxygens (including phenoxy) is 2. The van der Waals surface area contributed by atoms with Crippen LogP contribution in [0.5, 0.6) is 5.75 Å². The zero-order chi connectivity index (χ0) is 24.7. The van der Waals surface area contributed by atoms with Crippen LogP contribution < -0.4 is 10.4 Å². The van der Waals surface area contributed by atoms with Gasteiger partial charge < -0.3 is 13.9 Å². The maximum absolute atomic E-state index is 13.6. The first-order valence-electron chi connectivity index (χ1n) is 11.9. The third kappa shape index (κ3) is 4.41. The average Bonchev–Trinajstić information content (AvgIpc) is 2.84. The molecule has 0 amide bonds. The third-order valence-electron chi connectivity index (χ3n) is 7.08. The molecule has 0 spiro atoms. The molecule has 0 aliphatic heterocycles. The third-order valence-corrected chi connectivity index (χ3v) is 7.08. The van der Waals surface area contributed by atoms with E-state index in [-0.39, 0.29) is 12.0 Å². The van der Waals surface area contributed by atoms with Crippen molar-refractivity contribution in [2.24, 2.45) is 11.3 Å². The van der Waals surface area contributed by atoms with E-state index in [9.17, 15) is 9.59 Å². The van der Waals surface area contributed by atoms with Crippen molar-refractivity contribution in [2.75, 3.05) is 7.11 Å². The van der Waals surface area contributed by atoms with Gasteiger partial charge in [0.1, 0.15) is 17.9 Å². The van der Waals surface area contributed by atoms with Gasteiger partial charge >= 0.3 is 11.6 Å². The molecule has 0 saturated heterocycles. The summed E-state index contributed by atoms with van der Waals surface area (Å²) >= 11 is 0. The molecule has 0 saturated carbocycles. The van der Waals surface area contributed by atoms with Crippen LogP contribution in [-0.4, -0.2) is 18.1 Å². The van der Waals surface area contributed by atoms with Crippen LogP contribution in [0.25, 0.3) is 21.9 Å². The molecule has 1 aliphatic rings. The molecule has 4 aromatic rings. The van der Waals surface area contributed by atoms with E-state index in [2.05, 4.69) is 20.8 Å². The summed E-state index contributed by atoms with van der Waals surface area (Å²) in [5, 5.41) is 1.50. The highest BCUT2D eigenvalue weighted by molar-refractivity contribution is 6.05. The number of fused-ring (bicyclic) bond motifs is 3. The minimum Gasteiger partial charge on any atom is -0.497 e. The first kappa shape index (κ1) is 23.1. The average molecular weight is 472 g/mol. The van der Waals surface area contributed by atoms with E-state index < -0.39 is 11.6 Å². The Labute approximate surface area is 203 Å². The molecule has 6 heteroatoms. The summed E-state index contributed by atoms with van der Waals surface area (Å²) in [6.07, 6.45) is 2.68. The quantitative estimate of drug-likeness (QED) is 0.274. The van der Waals surface area contributed by atoms with Gasteiger partial charge in [0.05, 0.1) is 18.2 Å². The molecule has 0 radical (unpaired) electrons. The van der Waals surface area contributed by atoms with Crippen molar-refractivity contribution in [3.63, 3.8) is 0 Å². The van der Waals surface area contributed by atoms with E-state index in [1.807, 2.05) is 24.3 Å². The Bertz CT molecular complexity index is 1500. The van der Waals surface area contributed by atoms with E-state index in [1.165, 1.54) is 6.07 Å². The Morgan fingerprint density at radius 3 is 2.69 bits per heavy atom. The Morgan fingerprint density at radius 1 is 1.11 bits per heavy atom. The highest BCUT2D eigenvalue weighted by Crippen LogP contribution is 2.39. The van der Waals surface area contributed by atoms with E-state index >= 15 is 0 Å². The highest BCUT2D eigenvalue weighted by atomic mass is 16.5. The Hall–Kier alpha value is -3.67. The van der Waals surface area contributed by atoms with Crippen LogP contribution in [0, 0.1) is 11.3 Å². The van der Waals surface area contributed by atoms with Gasteiger partial charge in [0.25, 0.3) is 0 Å². The predicted molar refractivity (Wildman–Crippen MR) is 135 cm³/mol. The second-order valence-electron chi connectivity index (χ2n) is 10.3. The van der Waals surface area contributed by atoms with Gasteiger partial charge in [-0.15, -0.1) is 0 Å². The molecule has 180 valence electrons. The summed E-state index contributed by atoms with van der Waals surface area (Å²) in [6.45, 7) is 6.70. The molecule has 6 nitrogen and oxygen atoms in total. The number of aryl methyl sites for hydroxylation is 1. The molecule has 2 aromatic heterocycles. The lowest BCUT2D eigenvalue weighted by Gasteiger charge is -2.35. The van der Waals surface area contributed by atoms with Crippen molar-refractivity contribution in [2.45, 2.75) is 46.6 Å². The maximum Gasteiger partial charge on any atom is 0.339 e. The van der Waals surface area contributed by atoms with Crippen molar-refractivity contribution < 1.29 is 18.7 Å². The number of benzene rings is 2. The van der Waals surface area contributed by atoms with Gasteiger partial charge in [0, 0.05) is 34.2 Å². The number of aromatic nitrogens is 1. The lowest BCUT2D eigenvalue weighted by atomic mass is 9.70. The second kappa shape index (κ2) is 8.84. The summed E-state index contributed by atoms with van der Waals surface area (Å²) in [6, 6.07) is 14.3. The van der Waals surface area contributed by atoms with Gasteiger partial charge in [-0.25, -0.2) is 9.59 Å². The summed E-state index contributed by atoms with van der Waals surface area (Å²) in [5.74, 6) is 0.629. The van der Waals surface area contributed by atoms with Crippen molar-refractivity contribution in [1.29, 1.82) is 0 Å². The van der Waals surface area contributed by atoms with Crippen LogP contribution >= 0.6 is 0 Å². The number of pyridine rings is 1. The van der Waals surface area contributed by atoms with E-state index in [0.717, 1.165) is 41.4 Å². The van der Waals surface area contributed by atoms with Gasteiger partial charge in [-0.3, -0.25) is 4.98 Å². The van der Waals surface area contributed by atoms with Gasteiger partial charge in [-0.05, 0) is 54.4 Å². The van der Waals surface area contributed by atoms with E-state index in [1.54, 1.807) is 25.3 Å². The molecular weight excluding hydrogens is 442 g/mol. The summed E-state index contributed by atoms with van der Waals surface area (Å²) in [4.78, 5) is 30.7. The number of nitrogens with zero attached hydrogens (tertiary/aromatic N) is 1. The topological polar surface area (TPSA) is 78.6 Å². The van der Waals surface area contributed by atoms with Crippen molar-refractivity contribution >= 4 is 27.8 Å². The highest BCUT2D eigenvalue weighted by Gasteiger charge is 2.33. The molecule has 1 unspecified atom stereocenters. The van der Waals surface area contributed by atoms with Crippen LogP contribution in [0.4, 0.5) is 0 Å². The standard InChI is InChI=1S/C29H29NO5/c1-29(2,3)18-9-12-24-22(14-18)27(21-7-5-6-8-23(21)30-24)28(32)34-16-17-13-26(31)35-25-15-19(33-4)10-11-20(17)25/h5-8,10-11,13,15,18H,9,12,14,16H2,1-4H3. The van der Waals surface area contributed by atoms with Crippen molar-refractivity contribution in [3.8, 4) is 5.75 Å². The largest absolute Gasteiger partial charge is 0.497 e. The number of para-hydroxylation sites is 1. The van der Waals surface area contributed by atoms with Crippen LogP contribution in [-0.2, 0) is 24.2 Å². The molecule has 2 aromatic carbocycles. The molecule has 0 N–H and O–H groups in total. The Morgan fingerprint density at radius 2 is 1.91 bits per heavy atom. The predicted octanol–water partition coefficient (Wildman–Crippen LogP) is 5.86. The molecular formula is C29H29NO5. The Kier molecular flexibility index (Phi) is 5.83. The van der Waals surface area contributed by atoms with Gasteiger partial charge in [0.15, 0.2) is 0 Å². The first-order chi connectivity index (χ1) is 16.7. The summed E-state index contributed by atoms with van der Waals surface area (Å²) in [5.41, 5.74) is 3.96. The van der Waals surface area contributed by atoms with Crippen molar-refractivity contribution in [3.05, 3.63) is 81.3 Å². The summed E-state index contributed by atoms with van der Waals surface area (Å²) < 4.78 is 16.4. The van der Waals surface area contributed by atoms with E-state index in [4.69, 9.17) is 18.9 Å². The molecule has 5 rings (SSSR count). The molecule has 0 fully saturated rings. The summed E-state index contributed by atoms with van der Waals surface area (Å²) in [7, 11) is 1.55.